The van der Waals surface area contributed by atoms with E-state index in [4.69, 9.17) is 21.9 Å². The average molecular weight is 921 g/mol. The maximum absolute atomic E-state index is 14.7. The fourth-order valence-electron chi connectivity index (χ4n) is 7.72. The molecule has 0 unspecified atom stereocenters. The van der Waals surface area contributed by atoms with Crippen LogP contribution in [0.1, 0.15) is 92.9 Å². The van der Waals surface area contributed by atoms with Crippen LogP contribution in [0.15, 0.2) is 86.2 Å². The Kier molecular flexibility index (Phi) is 14.8. The molecule has 2 saturated carbocycles. The number of carbonyl (C=O) groups is 3. The van der Waals surface area contributed by atoms with Crippen LogP contribution in [0.25, 0.3) is 11.4 Å². The number of primary amides is 2. The van der Waals surface area contributed by atoms with Crippen LogP contribution < -0.4 is 43.8 Å². The molecule has 4 aromatic heterocycles. The predicted molar refractivity (Wildman–Crippen MR) is 248 cm³/mol. The third kappa shape index (κ3) is 12.5. The van der Waals surface area contributed by atoms with Crippen LogP contribution in [0.4, 0.5) is 48.5 Å². The number of anilines is 6. The molecule has 2 aliphatic carbocycles. The van der Waals surface area contributed by atoms with Gasteiger partial charge in [-0.2, -0.15) is 9.97 Å². The van der Waals surface area contributed by atoms with Gasteiger partial charge in [0.25, 0.3) is 11.8 Å². The fourth-order valence-corrected chi connectivity index (χ4v) is 7.72. The molecule has 2 fully saturated rings. The first kappa shape index (κ1) is 47.2. The van der Waals surface area contributed by atoms with Crippen LogP contribution >= 0.6 is 0 Å². The van der Waals surface area contributed by atoms with Crippen LogP contribution in [-0.4, -0.2) is 86.7 Å². The lowest BCUT2D eigenvalue weighted by Gasteiger charge is -2.33. The van der Waals surface area contributed by atoms with E-state index in [1.165, 1.54) is 37.2 Å². The van der Waals surface area contributed by atoms with E-state index in [-0.39, 0.29) is 52.9 Å². The van der Waals surface area contributed by atoms with Gasteiger partial charge in [0.1, 0.15) is 40.0 Å². The molecule has 0 radical (unpaired) electrons. The maximum Gasteiger partial charge on any atom is 0.407 e. The number of nitrogens with one attached hydrogen (secondary N) is 5. The molecule has 0 saturated heterocycles. The number of amides is 3. The van der Waals surface area contributed by atoms with Crippen molar-refractivity contribution in [2.45, 2.75) is 102 Å². The smallest absolute Gasteiger partial charge is 0.407 e. The number of nitrogens with zero attached hydrogens (tertiary/aromatic N) is 8. The van der Waals surface area contributed by atoms with Crippen molar-refractivity contribution in [1.82, 2.24) is 44.4 Å². The highest BCUT2D eigenvalue weighted by molar-refractivity contribution is 5.98. The van der Waals surface area contributed by atoms with Gasteiger partial charge in [-0.15, -0.1) is 0 Å². The number of rotatable bonds is 13. The normalized spacial score (nSPS) is 18.1. The zero-order valence-electron chi connectivity index (χ0n) is 37.2. The maximum atomic E-state index is 14.7. The molecule has 0 spiro atoms. The molecule has 0 bridgehead atoms. The molecule has 352 valence electrons. The molecular formula is C45H54F2N16O4. The number of carbonyl (C=O) groups excluding carboxylic acids is 3. The lowest BCUT2D eigenvalue weighted by atomic mass is 9.90. The van der Waals surface area contributed by atoms with Gasteiger partial charge in [-0.05, 0) is 82.9 Å². The highest BCUT2D eigenvalue weighted by atomic mass is 19.1. The van der Waals surface area contributed by atoms with Gasteiger partial charge in [0.2, 0.25) is 11.9 Å². The number of imidazole rings is 2. The standard InChI is InChI=1S/C25H31FN8O3.C20H23FN8O/c1-25(2,3)37-24(36)32-19-7-5-4-6-18(19)31-23-29-13-16(21(27)35)22(33-23)30-15-8-9-20(17(26)12-15)34-11-10-28-14-34;21-14-9-12(5-6-17(14)29-8-7-24-11-29)26-19-13(18(23)30)10-25-20(28-19)27-16-4-2-1-3-15(16)22/h8-14,18-19H,4-7H2,1-3H3,(H2,27,35)(H,32,36)(H2,29,30,31,33);5-11,15-16H,1-4,22H2,(H2,23,30)(H2,25,26,27,28)/t18-,19+;15-,16+/m10/s1. The molecule has 0 aliphatic heterocycles. The first-order valence-electron chi connectivity index (χ1n) is 21.8. The molecule has 67 heavy (non-hydrogen) atoms. The highest BCUT2D eigenvalue weighted by Crippen LogP contribution is 2.28. The number of nitrogens with two attached hydrogens (primary N) is 3. The second kappa shape index (κ2) is 21.0. The Morgan fingerprint density at radius 1 is 0.687 bits per heavy atom. The van der Waals surface area contributed by atoms with Crippen molar-refractivity contribution < 1.29 is 27.9 Å². The van der Waals surface area contributed by atoms with Crippen molar-refractivity contribution in [2.24, 2.45) is 17.2 Å². The van der Waals surface area contributed by atoms with Gasteiger partial charge < -0.3 is 57.7 Å². The van der Waals surface area contributed by atoms with Gasteiger partial charge in [0.15, 0.2) is 0 Å². The molecule has 2 aliphatic rings. The predicted octanol–water partition coefficient (Wildman–Crippen LogP) is 6.22. The lowest BCUT2D eigenvalue weighted by molar-refractivity contribution is 0.0488. The minimum atomic E-state index is -0.730. The molecule has 4 heterocycles. The molecule has 11 N–H and O–H groups in total. The minimum Gasteiger partial charge on any atom is -0.444 e. The summed E-state index contributed by atoms with van der Waals surface area (Å²) in [5, 5.41) is 15.4. The Bertz CT molecular complexity index is 2660. The van der Waals surface area contributed by atoms with E-state index in [2.05, 4.69) is 56.5 Å². The van der Waals surface area contributed by atoms with E-state index in [1.807, 2.05) is 20.8 Å². The van der Waals surface area contributed by atoms with E-state index in [9.17, 15) is 23.2 Å². The Morgan fingerprint density at radius 2 is 1.15 bits per heavy atom. The first-order chi connectivity index (χ1) is 32.1. The summed E-state index contributed by atoms with van der Waals surface area (Å²) in [7, 11) is 0. The molecular weight excluding hydrogens is 867 g/mol. The summed E-state index contributed by atoms with van der Waals surface area (Å²) in [6.07, 6.45) is 19.1. The quantitative estimate of drug-likeness (QED) is 0.0638. The molecule has 4 atom stereocenters. The topological polar surface area (TPSA) is 286 Å². The number of halogens is 2. The number of ether oxygens (including phenoxy) is 1. The van der Waals surface area contributed by atoms with Gasteiger partial charge >= 0.3 is 6.09 Å². The van der Waals surface area contributed by atoms with Gasteiger partial charge in [0.05, 0.1) is 30.1 Å². The van der Waals surface area contributed by atoms with Crippen molar-refractivity contribution in [3.05, 3.63) is 109 Å². The molecule has 3 amide bonds. The summed E-state index contributed by atoms with van der Waals surface area (Å²) in [6, 6.07) is 8.84. The molecule has 22 heteroatoms. The minimum absolute atomic E-state index is 0.0133. The third-order valence-electron chi connectivity index (χ3n) is 11.0. The Labute approximate surface area is 384 Å². The van der Waals surface area contributed by atoms with Crippen molar-refractivity contribution in [1.29, 1.82) is 0 Å². The number of hydrogen-bond acceptors (Lipinski definition) is 15. The van der Waals surface area contributed by atoms with Gasteiger partial charge in [-0.3, -0.25) is 9.59 Å². The monoisotopic (exact) mass is 920 g/mol. The molecule has 6 aromatic rings. The van der Waals surface area contributed by atoms with Crippen LogP contribution in [-0.2, 0) is 4.74 Å². The molecule has 2 aromatic carbocycles. The van der Waals surface area contributed by atoms with Crippen molar-refractivity contribution >= 4 is 52.8 Å². The largest absolute Gasteiger partial charge is 0.444 e. The number of benzene rings is 2. The zero-order chi connectivity index (χ0) is 47.7. The molecule has 20 nitrogen and oxygen atoms in total. The van der Waals surface area contributed by atoms with E-state index in [0.29, 0.717) is 28.7 Å². The van der Waals surface area contributed by atoms with Gasteiger partial charge in [-0.1, -0.05) is 25.7 Å². The van der Waals surface area contributed by atoms with Crippen LogP contribution in [0, 0.1) is 11.6 Å². The number of aromatic nitrogens is 8. The second-order valence-electron chi connectivity index (χ2n) is 17.1. The number of alkyl carbamates (subject to hydrolysis) is 1. The van der Waals surface area contributed by atoms with Crippen LogP contribution in [0.2, 0.25) is 0 Å². The Hall–Kier alpha value is -7.75. The van der Waals surface area contributed by atoms with Crippen molar-refractivity contribution in [3.8, 4) is 11.4 Å². The summed E-state index contributed by atoms with van der Waals surface area (Å²) < 4.78 is 37.8. The summed E-state index contributed by atoms with van der Waals surface area (Å²) in [4.78, 5) is 61.3. The van der Waals surface area contributed by atoms with E-state index in [0.717, 1.165) is 51.4 Å². The molecule has 8 rings (SSSR count). The first-order valence-corrected chi connectivity index (χ1v) is 21.8. The summed E-state index contributed by atoms with van der Waals surface area (Å²) in [5.74, 6) is -1.47. The summed E-state index contributed by atoms with van der Waals surface area (Å²) in [6.45, 7) is 5.43. The lowest BCUT2D eigenvalue weighted by Crippen LogP contribution is -2.50. The van der Waals surface area contributed by atoms with E-state index in [1.54, 1.807) is 58.2 Å². The Balaban J connectivity index is 0.000000203. The van der Waals surface area contributed by atoms with Crippen molar-refractivity contribution in [3.63, 3.8) is 0 Å². The van der Waals surface area contributed by atoms with Crippen LogP contribution in [0.3, 0.4) is 0 Å². The summed E-state index contributed by atoms with van der Waals surface area (Å²) >= 11 is 0. The fraction of sp³-hybridized carbons (Fsp3) is 0.356. The highest BCUT2D eigenvalue weighted by Gasteiger charge is 2.30. The van der Waals surface area contributed by atoms with Crippen LogP contribution in [0.5, 0.6) is 0 Å². The second-order valence-corrected chi connectivity index (χ2v) is 17.1. The third-order valence-corrected chi connectivity index (χ3v) is 11.0. The van der Waals surface area contributed by atoms with Gasteiger partial charge in [0, 0.05) is 66.7 Å². The van der Waals surface area contributed by atoms with E-state index >= 15 is 0 Å². The van der Waals surface area contributed by atoms with Gasteiger partial charge in [-0.25, -0.2) is 33.5 Å². The average Bonchev–Trinajstić information content (AvgIpc) is 4.01. The Morgan fingerprint density at radius 3 is 1.58 bits per heavy atom. The number of hydrogen-bond donors (Lipinski definition) is 8. The SMILES string of the molecule is CC(C)(C)OC(=O)N[C@H]1CCCC[C@H]1Nc1ncc(C(N)=O)c(Nc2ccc(-n3ccnc3)c(F)c2)n1.NC(=O)c1cnc(N[C@@H]2CCCC[C@@H]2N)nc1Nc1ccc(-n2ccnc2)c(F)c1. The van der Waals surface area contributed by atoms with E-state index < -0.39 is 35.1 Å². The van der Waals surface area contributed by atoms with Crippen molar-refractivity contribution in [2.75, 3.05) is 21.3 Å². The summed E-state index contributed by atoms with van der Waals surface area (Å²) in [5.41, 5.74) is 18.2. The zero-order valence-corrected chi connectivity index (χ0v) is 37.2.